The number of amides is 2. The average molecular weight is 612 g/mol. The Morgan fingerprint density at radius 1 is 1.02 bits per heavy atom. The molecule has 0 aromatic heterocycles. The number of halogens is 1. The third-order valence-corrected chi connectivity index (χ3v) is 9.68. The standard InChI is InChI=1S/C32H38ClN3O5S/c1-4-29(32(38)34-25-11-5-6-12-25)35(21-24-10-9-13-26(20-24)41-3)31(37)22-36(30-15-8-7-14-28(30)33)42(39,40)27-18-16-23(2)17-19-27/h7-10,13-20,25,29H,4-6,11-12,21-22H2,1-3H3,(H,34,38)/t29-/m1/s1. The summed E-state index contributed by atoms with van der Waals surface area (Å²) in [5.41, 5.74) is 1.83. The molecule has 8 nitrogen and oxygen atoms in total. The monoisotopic (exact) mass is 611 g/mol. The number of rotatable bonds is 12. The third kappa shape index (κ3) is 7.44. The zero-order valence-electron chi connectivity index (χ0n) is 24.3. The van der Waals surface area contributed by atoms with Gasteiger partial charge in [-0.15, -0.1) is 0 Å². The molecule has 1 saturated carbocycles. The zero-order valence-corrected chi connectivity index (χ0v) is 25.8. The lowest BCUT2D eigenvalue weighted by Crippen LogP contribution is -2.53. The van der Waals surface area contributed by atoms with E-state index in [0.29, 0.717) is 12.2 Å². The molecule has 224 valence electrons. The molecule has 1 aliphatic rings. The minimum Gasteiger partial charge on any atom is -0.497 e. The van der Waals surface area contributed by atoms with Gasteiger partial charge in [0.2, 0.25) is 11.8 Å². The highest BCUT2D eigenvalue weighted by Crippen LogP contribution is 2.31. The highest BCUT2D eigenvalue weighted by Gasteiger charge is 2.35. The van der Waals surface area contributed by atoms with Crippen molar-refractivity contribution < 1.29 is 22.7 Å². The minimum atomic E-state index is -4.20. The molecule has 1 N–H and O–H groups in total. The average Bonchev–Trinajstić information content (AvgIpc) is 3.49. The summed E-state index contributed by atoms with van der Waals surface area (Å²) in [6, 6.07) is 19.5. The van der Waals surface area contributed by atoms with E-state index in [1.807, 2.05) is 26.0 Å². The van der Waals surface area contributed by atoms with Crippen LogP contribution in [0.4, 0.5) is 5.69 Å². The van der Waals surface area contributed by atoms with Crippen LogP contribution in [-0.2, 0) is 26.2 Å². The number of carbonyl (C=O) groups is 2. The van der Waals surface area contributed by atoms with Crippen molar-refractivity contribution in [2.45, 2.75) is 69.5 Å². The molecule has 0 spiro atoms. The van der Waals surface area contributed by atoms with Crippen molar-refractivity contribution in [3.8, 4) is 5.75 Å². The van der Waals surface area contributed by atoms with E-state index in [4.69, 9.17) is 16.3 Å². The molecule has 0 radical (unpaired) electrons. The van der Waals surface area contributed by atoms with Crippen molar-refractivity contribution in [3.05, 3.63) is 88.9 Å². The summed E-state index contributed by atoms with van der Waals surface area (Å²) in [7, 11) is -2.64. The van der Waals surface area contributed by atoms with Gasteiger partial charge in [0.1, 0.15) is 18.3 Å². The van der Waals surface area contributed by atoms with Crippen LogP contribution in [0.5, 0.6) is 5.75 Å². The molecule has 4 rings (SSSR count). The third-order valence-electron chi connectivity index (χ3n) is 7.58. The molecule has 3 aromatic carbocycles. The van der Waals surface area contributed by atoms with Crippen molar-refractivity contribution in [1.29, 1.82) is 0 Å². The number of hydrogen-bond acceptors (Lipinski definition) is 5. The van der Waals surface area contributed by atoms with Gasteiger partial charge in [0, 0.05) is 12.6 Å². The van der Waals surface area contributed by atoms with Crippen molar-refractivity contribution in [3.63, 3.8) is 0 Å². The number of sulfonamides is 1. The lowest BCUT2D eigenvalue weighted by Gasteiger charge is -2.34. The van der Waals surface area contributed by atoms with Crippen molar-refractivity contribution in [2.24, 2.45) is 0 Å². The molecular formula is C32H38ClN3O5S. The lowest BCUT2D eigenvalue weighted by atomic mass is 10.1. The van der Waals surface area contributed by atoms with E-state index < -0.39 is 28.5 Å². The summed E-state index contributed by atoms with van der Waals surface area (Å²) in [4.78, 5) is 29.3. The normalized spacial score (nSPS) is 14.3. The van der Waals surface area contributed by atoms with E-state index in [9.17, 15) is 18.0 Å². The Morgan fingerprint density at radius 3 is 2.36 bits per heavy atom. The molecule has 0 bridgehead atoms. The minimum absolute atomic E-state index is 0.0335. The zero-order chi connectivity index (χ0) is 30.3. The Kier molecular flexibility index (Phi) is 10.5. The molecule has 10 heteroatoms. The Morgan fingerprint density at radius 2 is 1.71 bits per heavy atom. The predicted octanol–water partition coefficient (Wildman–Crippen LogP) is 5.72. The van der Waals surface area contributed by atoms with Gasteiger partial charge in [-0.05, 0) is 68.1 Å². The first kappa shape index (κ1) is 31.4. The first-order valence-corrected chi connectivity index (χ1v) is 16.0. The highest BCUT2D eigenvalue weighted by molar-refractivity contribution is 7.92. The first-order valence-electron chi connectivity index (χ1n) is 14.2. The molecule has 42 heavy (non-hydrogen) atoms. The SMILES string of the molecule is CC[C@H](C(=O)NC1CCCC1)N(Cc1cccc(OC)c1)C(=O)CN(c1ccccc1Cl)S(=O)(=O)c1ccc(C)cc1. The van der Waals surface area contributed by atoms with Crippen LogP contribution in [0.2, 0.25) is 5.02 Å². The maximum absolute atomic E-state index is 14.2. The molecule has 2 amide bonds. The fourth-order valence-corrected chi connectivity index (χ4v) is 6.98. The fourth-order valence-electron chi connectivity index (χ4n) is 5.26. The van der Waals surface area contributed by atoms with Crippen LogP contribution < -0.4 is 14.4 Å². The van der Waals surface area contributed by atoms with Crippen LogP contribution in [0.25, 0.3) is 0 Å². The molecule has 1 fully saturated rings. The Labute approximate surface area is 253 Å². The second-order valence-electron chi connectivity index (χ2n) is 10.6. The second kappa shape index (κ2) is 14.1. The topological polar surface area (TPSA) is 96.0 Å². The van der Waals surface area contributed by atoms with Crippen LogP contribution >= 0.6 is 11.6 Å². The van der Waals surface area contributed by atoms with Crippen molar-refractivity contribution >= 4 is 39.1 Å². The fraction of sp³-hybridized carbons (Fsp3) is 0.375. The number of nitrogens with zero attached hydrogens (tertiary/aromatic N) is 2. The van der Waals surface area contributed by atoms with Gasteiger partial charge in [-0.25, -0.2) is 8.42 Å². The molecule has 0 saturated heterocycles. The number of aryl methyl sites for hydroxylation is 1. The number of para-hydroxylation sites is 1. The van der Waals surface area contributed by atoms with E-state index in [2.05, 4.69) is 5.32 Å². The predicted molar refractivity (Wildman–Crippen MR) is 165 cm³/mol. The Bertz CT molecular complexity index is 1490. The maximum Gasteiger partial charge on any atom is 0.264 e. The summed E-state index contributed by atoms with van der Waals surface area (Å²) < 4.78 is 34.4. The largest absolute Gasteiger partial charge is 0.497 e. The number of ether oxygens (including phenoxy) is 1. The first-order chi connectivity index (χ1) is 20.1. The summed E-state index contributed by atoms with van der Waals surface area (Å²) in [5, 5.41) is 3.30. The van der Waals surface area contributed by atoms with Crippen LogP contribution in [0.1, 0.15) is 50.2 Å². The number of benzene rings is 3. The van der Waals surface area contributed by atoms with Gasteiger partial charge in [0.25, 0.3) is 10.0 Å². The maximum atomic E-state index is 14.2. The Hall–Kier alpha value is -3.56. The Balaban J connectivity index is 1.73. The summed E-state index contributed by atoms with van der Waals surface area (Å²) in [5.74, 6) is -0.156. The van der Waals surface area contributed by atoms with Crippen LogP contribution in [0.15, 0.2) is 77.7 Å². The van der Waals surface area contributed by atoms with E-state index in [1.54, 1.807) is 55.6 Å². The molecule has 0 unspecified atom stereocenters. The van der Waals surface area contributed by atoms with Gasteiger partial charge in [0.05, 0.1) is 22.7 Å². The molecule has 1 atom stereocenters. The van der Waals surface area contributed by atoms with Crippen LogP contribution in [0, 0.1) is 6.92 Å². The van der Waals surface area contributed by atoms with Crippen molar-refractivity contribution in [1.82, 2.24) is 10.2 Å². The number of hydrogen-bond donors (Lipinski definition) is 1. The van der Waals surface area contributed by atoms with E-state index in [1.165, 1.54) is 17.0 Å². The van der Waals surface area contributed by atoms with Gasteiger partial charge in [-0.2, -0.15) is 0 Å². The number of nitrogens with one attached hydrogen (secondary N) is 1. The molecule has 0 heterocycles. The molecule has 3 aromatic rings. The van der Waals surface area contributed by atoms with Gasteiger partial charge < -0.3 is 15.0 Å². The summed E-state index contributed by atoms with van der Waals surface area (Å²) >= 11 is 6.49. The number of anilines is 1. The quantitative estimate of drug-likeness (QED) is 0.283. The van der Waals surface area contributed by atoms with Gasteiger partial charge in [-0.3, -0.25) is 13.9 Å². The van der Waals surface area contributed by atoms with E-state index in [0.717, 1.165) is 41.1 Å². The van der Waals surface area contributed by atoms with Crippen molar-refractivity contribution in [2.75, 3.05) is 18.0 Å². The number of carbonyl (C=O) groups excluding carboxylic acids is 2. The summed E-state index contributed by atoms with van der Waals surface area (Å²) in [6.45, 7) is 3.26. The van der Waals surface area contributed by atoms with E-state index >= 15 is 0 Å². The summed E-state index contributed by atoms with van der Waals surface area (Å²) in [6.07, 6.45) is 4.27. The lowest BCUT2D eigenvalue weighted by molar-refractivity contribution is -0.140. The number of methoxy groups -OCH3 is 1. The second-order valence-corrected chi connectivity index (χ2v) is 12.8. The molecule has 1 aliphatic carbocycles. The van der Waals surface area contributed by atoms with Gasteiger partial charge >= 0.3 is 0 Å². The van der Waals surface area contributed by atoms with Gasteiger partial charge in [0.15, 0.2) is 0 Å². The van der Waals surface area contributed by atoms with Gasteiger partial charge in [-0.1, -0.05) is 73.3 Å². The van der Waals surface area contributed by atoms with Crippen LogP contribution in [0.3, 0.4) is 0 Å². The highest BCUT2D eigenvalue weighted by atomic mass is 35.5. The molecular weight excluding hydrogens is 574 g/mol. The van der Waals surface area contributed by atoms with E-state index in [-0.39, 0.29) is 34.1 Å². The van der Waals surface area contributed by atoms with Crippen LogP contribution in [-0.4, -0.2) is 50.9 Å². The molecule has 0 aliphatic heterocycles. The smallest absolute Gasteiger partial charge is 0.264 e.